The molecule has 1 amide bonds. The highest BCUT2D eigenvalue weighted by Crippen LogP contribution is 2.20. The molecule has 6 nitrogen and oxygen atoms in total. The number of benzene rings is 1. The van der Waals surface area contributed by atoms with E-state index in [1.54, 1.807) is 7.11 Å². The fraction of sp³-hybridized carbons (Fsp3) is 0.500. The van der Waals surface area contributed by atoms with Gasteiger partial charge in [-0.3, -0.25) is 10.2 Å². The van der Waals surface area contributed by atoms with Crippen LogP contribution in [0, 0.1) is 0 Å². The van der Waals surface area contributed by atoms with E-state index in [4.69, 9.17) is 20.1 Å². The van der Waals surface area contributed by atoms with Crippen molar-refractivity contribution in [2.24, 2.45) is 5.84 Å². The van der Waals surface area contributed by atoms with Crippen LogP contribution in [-0.2, 0) is 20.9 Å². The van der Waals surface area contributed by atoms with Gasteiger partial charge in [-0.05, 0) is 30.5 Å². The summed E-state index contributed by atoms with van der Waals surface area (Å²) < 4.78 is 16.3. The normalized spacial score (nSPS) is 21.7. The van der Waals surface area contributed by atoms with Gasteiger partial charge in [0.2, 0.25) is 0 Å². The minimum absolute atomic E-state index is 0.0458. The number of nitrogens with one attached hydrogen (secondary N) is 1. The summed E-state index contributed by atoms with van der Waals surface area (Å²) in [6.07, 6.45) is 0.991. The quantitative estimate of drug-likeness (QED) is 0.456. The second-order valence-corrected chi connectivity index (χ2v) is 4.70. The zero-order chi connectivity index (χ0) is 14.4. The summed E-state index contributed by atoms with van der Waals surface area (Å²) in [6.45, 7) is 0.984. The third-order valence-electron chi connectivity index (χ3n) is 3.27. The molecule has 0 radical (unpaired) electrons. The molecule has 1 fully saturated rings. The van der Waals surface area contributed by atoms with Crippen LogP contribution in [0.5, 0.6) is 5.75 Å². The van der Waals surface area contributed by atoms with Crippen LogP contribution in [-0.4, -0.2) is 31.8 Å². The van der Waals surface area contributed by atoms with Crippen molar-refractivity contribution in [3.05, 3.63) is 29.8 Å². The minimum atomic E-state index is -0.449. The Balaban J connectivity index is 1.69. The van der Waals surface area contributed by atoms with Crippen molar-refractivity contribution in [3.8, 4) is 5.75 Å². The van der Waals surface area contributed by atoms with Gasteiger partial charge in [0.25, 0.3) is 5.91 Å². The van der Waals surface area contributed by atoms with E-state index in [9.17, 15) is 4.79 Å². The fourth-order valence-corrected chi connectivity index (χ4v) is 2.14. The molecule has 1 aromatic carbocycles. The number of carbonyl (C=O) groups excluding carboxylic acids is 1. The predicted octanol–water partition coefficient (Wildman–Crippen LogP) is 0.749. The Morgan fingerprint density at radius 1 is 1.40 bits per heavy atom. The van der Waals surface area contributed by atoms with E-state index in [1.807, 2.05) is 24.3 Å². The van der Waals surface area contributed by atoms with Crippen LogP contribution in [0.15, 0.2) is 24.3 Å². The molecule has 2 atom stereocenters. The van der Waals surface area contributed by atoms with E-state index in [0.717, 1.165) is 17.7 Å². The first-order valence-electron chi connectivity index (χ1n) is 6.59. The highest BCUT2D eigenvalue weighted by Gasteiger charge is 2.30. The summed E-state index contributed by atoms with van der Waals surface area (Å²) in [6, 6.07) is 7.71. The monoisotopic (exact) mass is 280 g/mol. The highest BCUT2D eigenvalue weighted by molar-refractivity contribution is 5.80. The van der Waals surface area contributed by atoms with Gasteiger partial charge in [-0.15, -0.1) is 0 Å². The van der Waals surface area contributed by atoms with Crippen LogP contribution in [0.4, 0.5) is 0 Å². The van der Waals surface area contributed by atoms with Gasteiger partial charge in [-0.1, -0.05) is 12.1 Å². The first kappa shape index (κ1) is 14.8. The second kappa shape index (κ2) is 7.23. The number of methoxy groups -OCH3 is 1. The van der Waals surface area contributed by atoms with E-state index in [-0.39, 0.29) is 12.0 Å². The van der Waals surface area contributed by atoms with Crippen LogP contribution >= 0.6 is 0 Å². The number of carbonyl (C=O) groups is 1. The largest absolute Gasteiger partial charge is 0.497 e. The molecule has 0 spiro atoms. The van der Waals surface area contributed by atoms with Crippen molar-refractivity contribution in [2.75, 3.05) is 13.7 Å². The van der Waals surface area contributed by atoms with Crippen LogP contribution in [0.2, 0.25) is 0 Å². The zero-order valence-electron chi connectivity index (χ0n) is 11.5. The van der Waals surface area contributed by atoms with Gasteiger partial charge in [0.15, 0.2) is 0 Å². The van der Waals surface area contributed by atoms with Gasteiger partial charge in [0.1, 0.15) is 11.9 Å². The average Bonchev–Trinajstić information content (AvgIpc) is 2.96. The molecular formula is C14H20N2O4. The number of nitrogens with two attached hydrogens (primary N) is 1. The smallest absolute Gasteiger partial charge is 0.263 e. The van der Waals surface area contributed by atoms with Gasteiger partial charge in [0.05, 0.1) is 26.4 Å². The molecule has 20 heavy (non-hydrogen) atoms. The van der Waals surface area contributed by atoms with E-state index >= 15 is 0 Å². The molecule has 1 aliphatic heterocycles. The van der Waals surface area contributed by atoms with Crippen molar-refractivity contribution < 1.29 is 19.0 Å². The Bertz CT molecular complexity index is 435. The van der Waals surface area contributed by atoms with Crippen molar-refractivity contribution in [3.63, 3.8) is 0 Å². The molecule has 6 heteroatoms. The number of rotatable bonds is 6. The molecule has 2 rings (SSSR count). The Morgan fingerprint density at radius 2 is 2.15 bits per heavy atom. The topological polar surface area (TPSA) is 82.8 Å². The number of hydrogen-bond donors (Lipinski definition) is 2. The number of ether oxygens (including phenoxy) is 3. The maximum Gasteiger partial charge on any atom is 0.263 e. The van der Waals surface area contributed by atoms with Gasteiger partial charge < -0.3 is 14.2 Å². The molecule has 110 valence electrons. The van der Waals surface area contributed by atoms with E-state index < -0.39 is 6.10 Å². The van der Waals surface area contributed by atoms with Gasteiger partial charge >= 0.3 is 0 Å². The first-order valence-corrected chi connectivity index (χ1v) is 6.59. The predicted molar refractivity (Wildman–Crippen MR) is 72.9 cm³/mol. The average molecular weight is 280 g/mol. The maximum absolute atomic E-state index is 11.3. The third kappa shape index (κ3) is 3.93. The van der Waals surface area contributed by atoms with Gasteiger partial charge in [0, 0.05) is 0 Å². The lowest BCUT2D eigenvalue weighted by molar-refractivity contribution is -0.133. The summed E-state index contributed by atoms with van der Waals surface area (Å²) in [5, 5.41) is 0. The number of hydrogen-bond acceptors (Lipinski definition) is 5. The van der Waals surface area contributed by atoms with Crippen LogP contribution in [0.25, 0.3) is 0 Å². The van der Waals surface area contributed by atoms with Crippen LogP contribution < -0.4 is 16.0 Å². The van der Waals surface area contributed by atoms with Crippen molar-refractivity contribution in [1.29, 1.82) is 0 Å². The molecule has 0 saturated carbocycles. The summed E-state index contributed by atoms with van der Waals surface area (Å²) in [5.41, 5.74) is 3.17. The van der Waals surface area contributed by atoms with Crippen molar-refractivity contribution >= 4 is 5.91 Å². The summed E-state index contributed by atoms with van der Waals surface area (Å²) in [5.74, 6) is 5.62. The Kier molecular flexibility index (Phi) is 5.34. The third-order valence-corrected chi connectivity index (χ3v) is 3.27. The Labute approximate surface area is 118 Å². The second-order valence-electron chi connectivity index (χ2n) is 4.70. The lowest BCUT2D eigenvalue weighted by atomic mass is 10.2. The standard InChI is InChI=1S/C14H20N2O4/c1-18-11-4-2-10(3-5-11)8-19-9-12-6-7-13(20-12)14(17)16-15/h2-5,12-13H,6-9,15H2,1H3,(H,16,17). The number of hydrazine groups is 1. The maximum atomic E-state index is 11.3. The Morgan fingerprint density at radius 3 is 2.80 bits per heavy atom. The van der Waals surface area contributed by atoms with Crippen LogP contribution in [0.3, 0.4) is 0 Å². The molecular weight excluding hydrogens is 260 g/mol. The summed E-state index contributed by atoms with van der Waals surface area (Å²) >= 11 is 0. The molecule has 0 aromatic heterocycles. The fourth-order valence-electron chi connectivity index (χ4n) is 2.14. The van der Waals surface area contributed by atoms with E-state index in [2.05, 4.69) is 5.43 Å². The van der Waals surface area contributed by atoms with Gasteiger partial charge in [-0.25, -0.2) is 5.84 Å². The summed E-state index contributed by atoms with van der Waals surface area (Å²) in [4.78, 5) is 11.3. The molecule has 0 aliphatic carbocycles. The Hall–Kier alpha value is -1.63. The molecule has 1 aromatic rings. The lowest BCUT2D eigenvalue weighted by Crippen LogP contribution is -2.39. The minimum Gasteiger partial charge on any atom is -0.497 e. The summed E-state index contributed by atoms with van der Waals surface area (Å²) in [7, 11) is 1.64. The van der Waals surface area contributed by atoms with E-state index in [0.29, 0.717) is 19.6 Å². The molecule has 1 heterocycles. The molecule has 2 unspecified atom stereocenters. The molecule has 0 bridgehead atoms. The highest BCUT2D eigenvalue weighted by atomic mass is 16.5. The van der Waals surface area contributed by atoms with E-state index in [1.165, 1.54) is 0 Å². The van der Waals surface area contributed by atoms with Gasteiger partial charge in [-0.2, -0.15) is 0 Å². The van der Waals surface area contributed by atoms with Crippen molar-refractivity contribution in [1.82, 2.24) is 5.43 Å². The molecule has 3 N–H and O–H groups in total. The molecule has 1 aliphatic rings. The van der Waals surface area contributed by atoms with Crippen LogP contribution in [0.1, 0.15) is 18.4 Å². The number of amides is 1. The lowest BCUT2D eigenvalue weighted by Gasteiger charge is -2.13. The molecule has 1 saturated heterocycles. The SMILES string of the molecule is COc1ccc(COCC2CCC(C(=O)NN)O2)cc1. The first-order chi connectivity index (χ1) is 9.72. The van der Waals surface area contributed by atoms with Crippen molar-refractivity contribution in [2.45, 2.75) is 31.7 Å². The zero-order valence-corrected chi connectivity index (χ0v) is 11.5.